The quantitative estimate of drug-likeness (QED) is 0.815. The summed E-state index contributed by atoms with van der Waals surface area (Å²) in [6.07, 6.45) is -0.106. The van der Waals surface area contributed by atoms with Crippen LogP contribution in [-0.2, 0) is 9.53 Å². The summed E-state index contributed by atoms with van der Waals surface area (Å²) in [4.78, 5) is 24.3. The average molecular weight is 273 g/mol. The number of hydrogen-bond donors (Lipinski definition) is 2. The summed E-state index contributed by atoms with van der Waals surface area (Å²) < 4.78 is 5.28. The first kappa shape index (κ1) is 15.8. The van der Waals surface area contributed by atoms with Crippen molar-refractivity contribution in [2.24, 2.45) is 0 Å². The number of carboxylic acids is 1. The molecule has 2 atom stereocenters. The standard InChI is InChI=1S/C13H23NO5/c1-5-9-13(18,8-10(15)16)6-7-14(9)11(17)19-12(2,3)4/h9,18H,5-8H2,1-4H3,(H,15,16). The van der Waals surface area contributed by atoms with Crippen LogP contribution in [0.25, 0.3) is 0 Å². The Balaban J connectivity index is 2.82. The largest absolute Gasteiger partial charge is 0.481 e. The summed E-state index contributed by atoms with van der Waals surface area (Å²) in [6, 6.07) is -0.515. The first-order valence-electron chi connectivity index (χ1n) is 6.53. The molecule has 6 heteroatoms. The number of carboxylic acid groups (broad SMARTS) is 1. The molecule has 1 heterocycles. The van der Waals surface area contributed by atoms with Gasteiger partial charge in [-0.15, -0.1) is 0 Å². The van der Waals surface area contributed by atoms with E-state index in [1.165, 1.54) is 4.90 Å². The van der Waals surface area contributed by atoms with Crippen molar-refractivity contribution in [3.05, 3.63) is 0 Å². The maximum Gasteiger partial charge on any atom is 0.410 e. The highest BCUT2D eigenvalue weighted by molar-refractivity contribution is 5.71. The van der Waals surface area contributed by atoms with Crippen LogP contribution in [0.4, 0.5) is 4.79 Å². The van der Waals surface area contributed by atoms with E-state index in [2.05, 4.69) is 0 Å². The number of likely N-dealkylation sites (tertiary alicyclic amines) is 1. The third-order valence-corrected chi connectivity index (χ3v) is 3.25. The van der Waals surface area contributed by atoms with E-state index >= 15 is 0 Å². The van der Waals surface area contributed by atoms with E-state index in [0.29, 0.717) is 13.0 Å². The van der Waals surface area contributed by atoms with Crippen molar-refractivity contribution in [3.8, 4) is 0 Å². The molecule has 0 spiro atoms. The molecule has 6 nitrogen and oxygen atoms in total. The van der Waals surface area contributed by atoms with Gasteiger partial charge in [-0.05, 0) is 33.6 Å². The van der Waals surface area contributed by atoms with Crippen LogP contribution in [0, 0.1) is 0 Å². The van der Waals surface area contributed by atoms with Gasteiger partial charge in [-0.3, -0.25) is 4.79 Å². The Labute approximate surface area is 113 Å². The number of hydrogen-bond acceptors (Lipinski definition) is 4. The third-order valence-electron chi connectivity index (χ3n) is 3.25. The van der Waals surface area contributed by atoms with Crippen molar-refractivity contribution >= 4 is 12.1 Å². The lowest BCUT2D eigenvalue weighted by atomic mass is 9.89. The molecule has 0 saturated carbocycles. The normalized spacial score (nSPS) is 27.4. The molecule has 1 rings (SSSR count). The van der Waals surface area contributed by atoms with E-state index in [1.54, 1.807) is 20.8 Å². The molecule has 0 aromatic carbocycles. The lowest BCUT2D eigenvalue weighted by Gasteiger charge is -2.33. The summed E-state index contributed by atoms with van der Waals surface area (Å²) in [5.74, 6) is -1.06. The van der Waals surface area contributed by atoms with Gasteiger partial charge in [0.25, 0.3) is 0 Å². The van der Waals surface area contributed by atoms with Crippen LogP contribution in [-0.4, -0.2) is 51.0 Å². The molecule has 1 aliphatic rings. The van der Waals surface area contributed by atoms with Crippen LogP contribution in [0.1, 0.15) is 47.0 Å². The fourth-order valence-electron chi connectivity index (χ4n) is 2.53. The van der Waals surface area contributed by atoms with Gasteiger partial charge >= 0.3 is 12.1 Å². The second-order valence-corrected chi connectivity index (χ2v) is 6.02. The Morgan fingerprint density at radius 3 is 2.42 bits per heavy atom. The molecule has 0 bridgehead atoms. The summed E-state index contributed by atoms with van der Waals surface area (Å²) in [5, 5.41) is 19.3. The van der Waals surface area contributed by atoms with Crippen molar-refractivity contribution in [2.45, 2.75) is 64.2 Å². The molecule has 1 amide bonds. The minimum absolute atomic E-state index is 0.261. The number of carbonyl (C=O) groups is 2. The van der Waals surface area contributed by atoms with Gasteiger partial charge in [0.05, 0.1) is 18.1 Å². The van der Waals surface area contributed by atoms with Gasteiger partial charge < -0.3 is 19.8 Å². The van der Waals surface area contributed by atoms with E-state index in [1.807, 2.05) is 6.92 Å². The Morgan fingerprint density at radius 2 is 2.00 bits per heavy atom. The molecule has 19 heavy (non-hydrogen) atoms. The fraction of sp³-hybridized carbons (Fsp3) is 0.846. The van der Waals surface area contributed by atoms with Crippen LogP contribution in [0.2, 0.25) is 0 Å². The highest BCUT2D eigenvalue weighted by atomic mass is 16.6. The van der Waals surface area contributed by atoms with Crippen molar-refractivity contribution < 1.29 is 24.5 Å². The summed E-state index contributed by atoms with van der Waals surface area (Å²) in [5.41, 5.74) is -1.97. The first-order chi connectivity index (χ1) is 8.59. The maximum absolute atomic E-state index is 12.0. The number of rotatable bonds is 3. The van der Waals surface area contributed by atoms with E-state index in [-0.39, 0.29) is 12.8 Å². The van der Waals surface area contributed by atoms with Crippen molar-refractivity contribution in [2.75, 3.05) is 6.54 Å². The Bertz CT molecular complexity index is 363. The van der Waals surface area contributed by atoms with E-state index in [9.17, 15) is 14.7 Å². The van der Waals surface area contributed by atoms with Gasteiger partial charge in [0.2, 0.25) is 0 Å². The molecule has 2 unspecified atom stereocenters. The third kappa shape index (κ3) is 3.83. The topological polar surface area (TPSA) is 87.1 Å². The molecule has 0 aromatic rings. The number of aliphatic hydroxyl groups is 1. The Morgan fingerprint density at radius 1 is 1.42 bits per heavy atom. The Hall–Kier alpha value is -1.30. The molecular weight excluding hydrogens is 250 g/mol. The minimum Gasteiger partial charge on any atom is -0.481 e. The molecule has 0 radical (unpaired) electrons. The molecule has 2 N–H and O–H groups in total. The molecule has 1 saturated heterocycles. The van der Waals surface area contributed by atoms with Crippen molar-refractivity contribution in [3.63, 3.8) is 0 Å². The fourth-order valence-corrected chi connectivity index (χ4v) is 2.53. The molecule has 1 aliphatic heterocycles. The number of nitrogens with zero attached hydrogens (tertiary/aromatic N) is 1. The minimum atomic E-state index is -1.36. The number of ether oxygens (including phenoxy) is 1. The smallest absolute Gasteiger partial charge is 0.410 e. The lowest BCUT2D eigenvalue weighted by molar-refractivity contribution is -0.143. The Kier molecular flexibility index (Phi) is 4.45. The van der Waals surface area contributed by atoms with E-state index in [0.717, 1.165) is 0 Å². The van der Waals surface area contributed by atoms with Gasteiger partial charge in [-0.25, -0.2) is 4.79 Å². The molecular formula is C13H23NO5. The number of aliphatic carboxylic acids is 1. The number of amides is 1. The van der Waals surface area contributed by atoms with Crippen molar-refractivity contribution in [1.82, 2.24) is 4.90 Å². The van der Waals surface area contributed by atoms with Gasteiger partial charge in [0.15, 0.2) is 0 Å². The second kappa shape index (κ2) is 5.36. The summed E-state index contributed by atoms with van der Waals surface area (Å²) in [6.45, 7) is 7.44. The summed E-state index contributed by atoms with van der Waals surface area (Å²) in [7, 11) is 0. The SMILES string of the molecule is CCC1N(C(=O)OC(C)(C)C)CCC1(O)CC(=O)O. The summed E-state index contributed by atoms with van der Waals surface area (Å²) >= 11 is 0. The van der Waals surface area contributed by atoms with Crippen LogP contribution in [0.3, 0.4) is 0 Å². The van der Waals surface area contributed by atoms with Gasteiger partial charge in [-0.2, -0.15) is 0 Å². The first-order valence-corrected chi connectivity index (χ1v) is 6.53. The van der Waals surface area contributed by atoms with Crippen LogP contribution >= 0.6 is 0 Å². The highest BCUT2D eigenvalue weighted by Crippen LogP contribution is 2.34. The van der Waals surface area contributed by atoms with Crippen LogP contribution < -0.4 is 0 Å². The zero-order chi connectivity index (χ0) is 14.8. The highest BCUT2D eigenvalue weighted by Gasteiger charge is 2.49. The lowest BCUT2D eigenvalue weighted by Crippen LogP contribution is -2.48. The number of carbonyl (C=O) groups excluding carboxylic acids is 1. The zero-order valence-corrected chi connectivity index (χ0v) is 12.0. The molecule has 110 valence electrons. The van der Waals surface area contributed by atoms with Gasteiger partial charge in [-0.1, -0.05) is 6.92 Å². The monoisotopic (exact) mass is 273 g/mol. The molecule has 0 aliphatic carbocycles. The zero-order valence-electron chi connectivity index (χ0n) is 12.0. The van der Waals surface area contributed by atoms with Gasteiger partial charge in [0.1, 0.15) is 5.60 Å². The molecule has 0 aromatic heterocycles. The second-order valence-electron chi connectivity index (χ2n) is 6.02. The average Bonchev–Trinajstić information content (AvgIpc) is 2.51. The van der Waals surface area contributed by atoms with E-state index < -0.39 is 29.3 Å². The van der Waals surface area contributed by atoms with Gasteiger partial charge in [0, 0.05) is 6.54 Å². The van der Waals surface area contributed by atoms with Crippen LogP contribution in [0.5, 0.6) is 0 Å². The van der Waals surface area contributed by atoms with E-state index in [4.69, 9.17) is 9.84 Å². The molecule has 1 fully saturated rings. The predicted octanol–water partition coefficient (Wildman–Crippen LogP) is 1.61. The van der Waals surface area contributed by atoms with Crippen molar-refractivity contribution in [1.29, 1.82) is 0 Å². The van der Waals surface area contributed by atoms with Crippen LogP contribution in [0.15, 0.2) is 0 Å². The predicted molar refractivity (Wildman–Crippen MR) is 68.8 cm³/mol. The maximum atomic E-state index is 12.0.